The first-order valence-electron chi connectivity index (χ1n) is 13.7. The minimum Gasteiger partial charge on any atom is -0.497 e. The molecular weight excluding hydrogens is 545 g/mol. The molecule has 4 unspecified atom stereocenters. The second-order valence-corrected chi connectivity index (χ2v) is 11.8. The molecule has 8 heteroatoms. The summed E-state index contributed by atoms with van der Waals surface area (Å²) in [5, 5.41) is 0.933. The van der Waals surface area contributed by atoms with Crippen LogP contribution in [0.25, 0.3) is 0 Å². The third-order valence-corrected chi connectivity index (χ3v) is 9.73. The minimum absolute atomic E-state index is 0.0431. The molecule has 2 aliphatic heterocycles. The molecule has 6 nitrogen and oxygen atoms in total. The van der Waals surface area contributed by atoms with Crippen molar-refractivity contribution in [3.05, 3.63) is 99.5 Å². The number of piperidine rings is 1. The zero-order valence-electron chi connectivity index (χ0n) is 22.9. The van der Waals surface area contributed by atoms with E-state index in [9.17, 15) is 9.59 Å². The summed E-state index contributed by atoms with van der Waals surface area (Å²) < 4.78 is 5.23. The lowest BCUT2D eigenvalue weighted by molar-refractivity contribution is -0.126. The highest BCUT2D eigenvalue weighted by Crippen LogP contribution is 2.47. The molecular formula is C32H35Cl2N3O3. The number of nitrogens with zero attached hydrogens (tertiary/aromatic N) is 2. The molecule has 2 heterocycles. The van der Waals surface area contributed by atoms with E-state index in [1.54, 1.807) is 13.2 Å². The van der Waals surface area contributed by atoms with Crippen LogP contribution < -0.4 is 10.5 Å². The van der Waals surface area contributed by atoms with Crippen molar-refractivity contribution < 1.29 is 14.3 Å². The van der Waals surface area contributed by atoms with Gasteiger partial charge in [-0.15, -0.1) is 0 Å². The van der Waals surface area contributed by atoms with E-state index in [1.807, 2.05) is 71.6 Å². The van der Waals surface area contributed by atoms with Gasteiger partial charge in [-0.1, -0.05) is 59.6 Å². The highest BCUT2D eigenvalue weighted by Gasteiger charge is 2.51. The standard InChI is InChI=1S/C32H35Cl2N3O3/c1-21(24-14-16-37(19-24)30(38)22-8-11-26(40-2)12-9-22)36-17-15-32(31(35)39,25-6-4-3-5-7-25)27(20-36)23-10-13-28(33)29(34)18-23/h3-13,18,21,24,27H,14-17,19-20H2,1-2H3,(H2,35,39). The van der Waals surface area contributed by atoms with Gasteiger partial charge in [0.2, 0.25) is 5.91 Å². The number of hydrogen-bond acceptors (Lipinski definition) is 4. The molecule has 0 aromatic heterocycles. The Labute approximate surface area is 246 Å². The van der Waals surface area contributed by atoms with Crippen LogP contribution in [-0.4, -0.2) is 60.9 Å². The van der Waals surface area contributed by atoms with Gasteiger partial charge in [0, 0.05) is 37.2 Å². The van der Waals surface area contributed by atoms with Gasteiger partial charge in [-0.3, -0.25) is 14.5 Å². The second-order valence-electron chi connectivity index (χ2n) is 10.9. The summed E-state index contributed by atoms with van der Waals surface area (Å²) in [4.78, 5) is 30.9. The molecule has 2 saturated heterocycles. The fourth-order valence-corrected chi connectivity index (χ4v) is 6.87. The lowest BCUT2D eigenvalue weighted by Crippen LogP contribution is -2.57. The Balaban J connectivity index is 1.39. The van der Waals surface area contributed by atoms with Gasteiger partial charge < -0.3 is 15.4 Å². The van der Waals surface area contributed by atoms with Crippen LogP contribution in [-0.2, 0) is 10.2 Å². The Hall–Kier alpha value is -3.06. The van der Waals surface area contributed by atoms with Crippen molar-refractivity contribution in [2.75, 3.05) is 33.3 Å². The van der Waals surface area contributed by atoms with Crippen LogP contribution in [0.5, 0.6) is 5.75 Å². The molecule has 40 heavy (non-hydrogen) atoms. The van der Waals surface area contributed by atoms with Gasteiger partial charge in [0.25, 0.3) is 5.91 Å². The predicted molar refractivity (Wildman–Crippen MR) is 159 cm³/mol. The van der Waals surface area contributed by atoms with Gasteiger partial charge in [-0.05, 0) is 79.8 Å². The Bertz CT molecular complexity index is 1370. The normalized spacial score (nSPS) is 24.1. The number of nitrogens with two attached hydrogens (primary N) is 1. The van der Waals surface area contributed by atoms with Crippen molar-refractivity contribution in [3.63, 3.8) is 0 Å². The lowest BCUT2D eigenvalue weighted by atomic mass is 9.62. The van der Waals surface area contributed by atoms with Gasteiger partial charge in [-0.2, -0.15) is 0 Å². The van der Waals surface area contributed by atoms with Crippen molar-refractivity contribution in [1.29, 1.82) is 0 Å². The molecule has 2 aliphatic rings. The van der Waals surface area contributed by atoms with E-state index in [2.05, 4.69) is 11.8 Å². The number of amides is 2. The molecule has 3 aromatic carbocycles. The summed E-state index contributed by atoms with van der Waals surface area (Å²) in [6.07, 6.45) is 1.51. The quantitative estimate of drug-likeness (QED) is 0.386. The van der Waals surface area contributed by atoms with Crippen LogP contribution in [0.3, 0.4) is 0 Å². The number of rotatable bonds is 7. The van der Waals surface area contributed by atoms with Gasteiger partial charge in [-0.25, -0.2) is 0 Å². The first-order valence-corrected chi connectivity index (χ1v) is 14.5. The van der Waals surface area contributed by atoms with E-state index in [0.29, 0.717) is 41.0 Å². The van der Waals surface area contributed by atoms with E-state index in [0.717, 1.165) is 36.4 Å². The van der Waals surface area contributed by atoms with Crippen LogP contribution >= 0.6 is 23.2 Å². The number of carbonyl (C=O) groups excluding carboxylic acids is 2. The maximum Gasteiger partial charge on any atom is 0.253 e. The molecule has 4 atom stereocenters. The van der Waals surface area contributed by atoms with Crippen molar-refractivity contribution in [2.45, 2.75) is 37.1 Å². The molecule has 2 amide bonds. The predicted octanol–water partition coefficient (Wildman–Crippen LogP) is 5.77. The fourth-order valence-electron chi connectivity index (χ4n) is 6.56. The van der Waals surface area contributed by atoms with Crippen molar-refractivity contribution >= 4 is 35.0 Å². The highest BCUT2D eigenvalue weighted by atomic mass is 35.5. The monoisotopic (exact) mass is 579 g/mol. The molecule has 0 aliphatic carbocycles. The Morgan fingerprint density at radius 1 is 0.975 bits per heavy atom. The van der Waals surface area contributed by atoms with E-state index in [1.165, 1.54) is 0 Å². The molecule has 210 valence electrons. The fraction of sp³-hybridized carbons (Fsp3) is 0.375. The topological polar surface area (TPSA) is 75.9 Å². The van der Waals surface area contributed by atoms with E-state index >= 15 is 0 Å². The number of hydrogen-bond donors (Lipinski definition) is 1. The van der Waals surface area contributed by atoms with Crippen LogP contribution in [0, 0.1) is 5.92 Å². The smallest absolute Gasteiger partial charge is 0.253 e. The summed E-state index contributed by atoms with van der Waals surface area (Å²) in [6.45, 7) is 5.01. The zero-order valence-corrected chi connectivity index (χ0v) is 24.4. The van der Waals surface area contributed by atoms with Crippen LogP contribution in [0.15, 0.2) is 72.8 Å². The van der Waals surface area contributed by atoms with Crippen molar-refractivity contribution in [1.82, 2.24) is 9.80 Å². The van der Waals surface area contributed by atoms with Crippen molar-refractivity contribution in [3.8, 4) is 5.75 Å². The SMILES string of the molecule is COc1ccc(C(=O)N2CCC(C(C)N3CCC(C(N)=O)(c4ccccc4)C(c4ccc(Cl)c(Cl)c4)C3)C2)cc1. The number of likely N-dealkylation sites (tertiary alicyclic amines) is 2. The molecule has 0 spiro atoms. The summed E-state index contributed by atoms with van der Waals surface area (Å²) in [7, 11) is 1.61. The number of halogens is 2. The van der Waals surface area contributed by atoms with E-state index < -0.39 is 5.41 Å². The molecule has 0 saturated carbocycles. The molecule has 3 aromatic rings. The van der Waals surface area contributed by atoms with E-state index in [-0.39, 0.29) is 23.8 Å². The first kappa shape index (κ1) is 28.5. The molecule has 0 radical (unpaired) electrons. The van der Waals surface area contributed by atoms with Gasteiger partial charge in [0.15, 0.2) is 0 Å². The molecule has 0 bridgehead atoms. The summed E-state index contributed by atoms with van der Waals surface area (Å²) in [6, 6.07) is 22.9. The second kappa shape index (κ2) is 11.8. The maximum absolute atomic E-state index is 13.3. The van der Waals surface area contributed by atoms with Crippen LogP contribution in [0.1, 0.15) is 47.2 Å². The van der Waals surface area contributed by atoms with Gasteiger partial charge >= 0.3 is 0 Å². The highest BCUT2D eigenvalue weighted by molar-refractivity contribution is 6.42. The molecule has 5 rings (SSSR count). The number of primary amides is 1. The average Bonchev–Trinajstić information content (AvgIpc) is 3.48. The average molecular weight is 581 g/mol. The third-order valence-electron chi connectivity index (χ3n) is 8.99. The Kier molecular flexibility index (Phi) is 8.41. The Morgan fingerprint density at radius 2 is 1.70 bits per heavy atom. The van der Waals surface area contributed by atoms with Gasteiger partial charge in [0.1, 0.15) is 5.75 Å². The van der Waals surface area contributed by atoms with Gasteiger partial charge in [0.05, 0.1) is 22.6 Å². The minimum atomic E-state index is -0.874. The van der Waals surface area contributed by atoms with E-state index in [4.69, 9.17) is 33.7 Å². The summed E-state index contributed by atoms with van der Waals surface area (Å²) in [5.41, 5.74) is 7.88. The number of ether oxygens (including phenoxy) is 1. The largest absolute Gasteiger partial charge is 0.497 e. The first-order chi connectivity index (χ1) is 19.2. The third kappa shape index (κ3) is 5.32. The van der Waals surface area contributed by atoms with Crippen molar-refractivity contribution in [2.24, 2.45) is 11.7 Å². The summed E-state index contributed by atoms with van der Waals surface area (Å²) in [5.74, 6) is 0.542. The number of benzene rings is 3. The molecule has 2 N–H and O–H groups in total. The summed E-state index contributed by atoms with van der Waals surface area (Å²) >= 11 is 12.7. The molecule has 2 fully saturated rings. The maximum atomic E-state index is 13.3. The van der Waals surface area contributed by atoms with Crippen LogP contribution in [0.4, 0.5) is 0 Å². The zero-order chi connectivity index (χ0) is 28.4. The Morgan fingerprint density at radius 3 is 2.35 bits per heavy atom. The number of methoxy groups -OCH3 is 1. The number of carbonyl (C=O) groups is 2. The van der Waals surface area contributed by atoms with Crippen LogP contribution in [0.2, 0.25) is 10.0 Å². The lowest BCUT2D eigenvalue weighted by Gasteiger charge is -2.49.